The van der Waals surface area contributed by atoms with Crippen molar-refractivity contribution in [2.75, 3.05) is 6.54 Å². The van der Waals surface area contributed by atoms with Crippen molar-refractivity contribution in [2.45, 2.75) is 24.5 Å². The van der Waals surface area contributed by atoms with Gasteiger partial charge in [-0.1, -0.05) is 30.3 Å². The number of aliphatic carboxylic acids is 1. The van der Waals surface area contributed by atoms with Gasteiger partial charge < -0.3 is 15.5 Å². The van der Waals surface area contributed by atoms with Crippen molar-refractivity contribution in [2.24, 2.45) is 0 Å². The minimum Gasteiger partial charge on any atom is -0.480 e. The van der Waals surface area contributed by atoms with Gasteiger partial charge in [-0.25, -0.2) is 0 Å². The number of rotatable bonds is 3. The Morgan fingerprint density at radius 3 is 2.69 bits per heavy atom. The van der Waals surface area contributed by atoms with Crippen LogP contribution in [0.25, 0.3) is 0 Å². The molecular formula is C12H15NO3. The molecule has 1 aromatic rings. The van der Waals surface area contributed by atoms with Crippen LogP contribution in [0.1, 0.15) is 12.0 Å². The monoisotopic (exact) mass is 221 g/mol. The zero-order valence-electron chi connectivity index (χ0n) is 8.89. The SMILES string of the molecule is O=C(O)[C@@H]1CC(O)(Cc2ccccc2)CN1. The summed E-state index contributed by atoms with van der Waals surface area (Å²) in [5.74, 6) is -0.899. The van der Waals surface area contributed by atoms with Gasteiger partial charge in [0.05, 0.1) is 5.60 Å². The summed E-state index contributed by atoms with van der Waals surface area (Å²) in [5, 5.41) is 21.9. The van der Waals surface area contributed by atoms with Crippen molar-refractivity contribution in [1.29, 1.82) is 0 Å². The summed E-state index contributed by atoms with van der Waals surface area (Å²) >= 11 is 0. The minimum atomic E-state index is -0.940. The molecule has 1 aromatic carbocycles. The third-order valence-corrected chi connectivity index (χ3v) is 2.94. The smallest absolute Gasteiger partial charge is 0.320 e. The van der Waals surface area contributed by atoms with E-state index in [1.165, 1.54) is 0 Å². The normalized spacial score (nSPS) is 29.2. The maximum absolute atomic E-state index is 10.8. The molecular weight excluding hydrogens is 206 g/mol. The molecule has 2 rings (SSSR count). The molecule has 16 heavy (non-hydrogen) atoms. The average molecular weight is 221 g/mol. The van der Waals surface area contributed by atoms with Crippen molar-refractivity contribution in [1.82, 2.24) is 5.32 Å². The first-order chi connectivity index (χ1) is 7.59. The molecule has 0 aromatic heterocycles. The van der Waals surface area contributed by atoms with Crippen LogP contribution in [0, 0.1) is 0 Å². The zero-order chi connectivity index (χ0) is 11.6. The summed E-state index contributed by atoms with van der Waals surface area (Å²) < 4.78 is 0. The van der Waals surface area contributed by atoms with E-state index in [9.17, 15) is 9.90 Å². The third-order valence-electron chi connectivity index (χ3n) is 2.94. The second kappa shape index (κ2) is 4.23. The summed E-state index contributed by atoms with van der Waals surface area (Å²) in [6, 6.07) is 8.98. The van der Waals surface area contributed by atoms with Gasteiger partial charge >= 0.3 is 5.97 Å². The van der Waals surface area contributed by atoms with Crippen LogP contribution in [-0.4, -0.2) is 34.4 Å². The molecule has 2 atom stereocenters. The molecule has 1 fully saturated rings. The molecule has 0 bridgehead atoms. The lowest BCUT2D eigenvalue weighted by molar-refractivity contribution is -0.139. The predicted molar refractivity (Wildman–Crippen MR) is 59.1 cm³/mol. The van der Waals surface area contributed by atoms with Crippen LogP contribution < -0.4 is 5.32 Å². The van der Waals surface area contributed by atoms with Crippen LogP contribution >= 0.6 is 0 Å². The molecule has 1 saturated heterocycles. The van der Waals surface area contributed by atoms with E-state index in [1.54, 1.807) is 0 Å². The van der Waals surface area contributed by atoms with Gasteiger partial charge in [-0.2, -0.15) is 0 Å². The second-order valence-electron chi connectivity index (χ2n) is 4.36. The standard InChI is InChI=1S/C12H15NO3/c14-11(15)10-7-12(16,8-13-10)6-9-4-2-1-3-5-9/h1-5,10,13,16H,6-8H2,(H,14,15)/t10-,12?/m0/s1. The van der Waals surface area contributed by atoms with Crippen molar-refractivity contribution in [3.05, 3.63) is 35.9 Å². The van der Waals surface area contributed by atoms with E-state index in [-0.39, 0.29) is 6.42 Å². The summed E-state index contributed by atoms with van der Waals surface area (Å²) in [6.07, 6.45) is 0.752. The molecule has 1 heterocycles. The maximum atomic E-state index is 10.8. The lowest BCUT2D eigenvalue weighted by atomic mass is 9.92. The van der Waals surface area contributed by atoms with Crippen LogP contribution in [-0.2, 0) is 11.2 Å². The van der Waals surface area contributed by atoms with Gasteiger partial charge in [0.25, 0.3) is 0 Å². The number of carboxylic acid groups (broad SMARTS) is 1. The van der Waals surface area contributed by atoms with Crippen LogP contribution in [0.3, 0.4) is 0 Å². The largest absolute Gasteiger partial charge is 0.480 e. The quantitative estimate of drug-likeness (QED) is 0.691. The van der Waals surface area contributed by atoms with Crippen LogP contribution in [0.5, 0.6) is 0 Å². The number of carbonyl (C=O) groups is 1. The van der Waals surface area contributed by atoms with Crippen LogP contribution in [0.15, 0.2) is 30.3 Å². The molecule has 0 aliphatic carbocycles. The molecule has 1 unspecified atom stereocenters. The van der Waals surface area contributed by atoms with Crippen molar-refractivity contribution in [3.8, 4) is 0 Å². The molecule has 1 aliphatic heterocycles. The van der Waals surface area contributed by atoms with Gasteiger partial charge in [0.2, 0.25) is 0 Å². The number of nitrogens with one attached hydrogen (secondary N) is 1. The number of aliphatic hydroxyl groups is 1. The van der Waals surface area contributed by atoms with E-state index in [1.807, 2.05) is 30.3 Å². The molecule has 86 valence electrons. The van der Waals surface area contributed by atoms with Crippen molar-refractivity contribution >= 4 is 5.97 Å². The van der Waals surface area contributed by atoms with Crippen molar-refractivity contribution in [3.63, 3.8) is 0 Å². The van der Waals surface area contributed by atoms with E-state index in [4.69, 9.17) is 5.11 Å². The minimum absolute atomic E-state index is 0.261. The Morgan fingerprint density at radius 2 is 2.12 bits per heavy atom. The highest BCUT2D eigenvalue weighted by atomic mass is 16.4. The van der Waals surface area contributed by atoms with Gasteiger partial charge in [-0.05, 0) is 5.56 Å². The second-order valence-corrected chi connectivity index (χ2v) is 4.36. The summed E-state index contributed by atoms with van der Waals surface area (Å²) in [4.78, 5) is 10.8. The Kier molecular flexibility index (Phi) is 2.94. The van der Waals surface area contributed by atoms with Crippen molar-refractivity contribution < 1.29 is 15.0 Å². The fourth-order valence-corrected chi connectivity index (χ4v) is 2.12. The highest BCUT2D eigenvalue weighted by Crippen LogP contribution is 2.24. The first kappa shape index (κ1) is 11.1. The Labute approximate surface area is 93.9 Å². The lowest BCUT2D eigenvalue weighted by Gasteiger charge is -2.21. The number of hydrogen-bond acceptors (Lipinski definition) is 3. The highest BCUT2D eigenvalue weighted by Gasteiger charge is 2.40. The number of benzene rings is 1. The predicted octanol–water partition coefficient (Wildman–Crippen LogP) is 0.407. The first-order valence-electron chi connectivity index (χ1n) is 5.32. The third kappa shape index (κ3) is 2.40. The topological polar surface area (TPSA) is 69.6 Å². The van der Waals surface area contributed by atoms with Crippen LogP contribution in [0.4, 0.5) is 0 Å². The molecule has 1 aliphatic rings. The summed E-state index contributed by atoms with van der Waals surface area (Å²) in [7, 11) is 0. The van der Waals surface area contributed by atoms with Crippen LogP contribution in [0.2, 0.25) is 0 Å². The highest BCUT2D eigenvalue weighted by molar-refractivity contribution is 5.74. The van der Waals surface area contributed by atoms with Gasteiger partial charge in [0, 0.05) is 19.4 Å². The average Bonchev–Trinajstić information content (AvgIpc) is 2.62. The molecule has 0 radical (unpaired) electrons. The van der Waals surface area contributed by atoms with E-state index in [0.717, 1.165) is 5.56 Å². The Bertz CT molecular complexity index is 379. The Hall–Kier alpha value is -1.39. The molecule has 0 saturated carbocycles. The van der Waals surface area contributed by atoms with Gasteiger partial charge in [-0.15, -0.1) is 0 Å². The number of β-amino-alcohol motifs (C(OH)–C–C–N with tert-alkyl or cyclic N) is 1. The summed E-state index contributed by atoms with van der Waals surface area (Å²) in [6.45, 7) is 0.332. The number of hydrogen-bond donors (Lipinski definition) is 3. The molecule has 4 nitrogen and oxygen atoms in total. The maximum Gasteiger partial charge on any atom is 0.320 e. The molecule has 3 N–H and O–H groups in total. The summed E-state index contributed by atoms with van der Waals surface area (Å²) in [5.41, 5.74) is 0.0857. The molecule has 4 heteroatoms. The van der Waals surface area contributed by atoms with Gasteiger partial charge in [0.1, 0.15) is 6.04 Å². The zero-order valence-corrected chi connectivity index (χ0v) is 8.89. The molecule has 0 amide bonds. The Balaban J connectivity index is 2.03. The van der Waals surface area contributed by atoms with Gasteiger partial charge in [0.15, 0.2) is 0 Å². The first-order valence-corrected chi connectivity index (χ1v) is 5.32. The van der Waals surface area contributed by atoms with E-state index < -0.39 is 17.6 Å². The fourth-order valence-electron chi connectivity index (χ4n) is 2.12. The van der Waals surface area contributed by atoms with Gasteiger partial charge in [-0.3, -0.25) is 4.79 Å². The fraction of sp³-hybridized carbons (Fsp3) is 0.417. The molecule has 0 spiro atoms. The van der Waals surface area contributed by atoms with E-state index in [0.29, 0.717) is 13.0 Å². The number of carboxylic acids is 1. The lowest BCUT2D eigenvalue weighted by Crippen LogP contribution is -2.33. The van der Waals surface area contributed by atoms with E-state index >= 15 is 0 Å². The Morgan fingerprint density at radius 1 is 1.44 bits per heavy atom. The van der Waals surface area contributed by atoms with E-state index in [2.05, 4.69) is 5.32 Å².